The molecule has 158 valence electrons. The molecule has 6 nitrogen and oxygen atoms in total. The predicted octanol–water partition coefficient (Wildman–Crippen LogP) is 4.97. The minimum atomic E-state index is -0.250. The summed E-state index contributed by atoms with van der Waals surface area (Å²) in [6, 6.07) is 12.0. The molecule has 1 aromatic heterocycles. The zero-order valence-electron chi connectivity index (χ0n) is 16.9. The van der Waals surface area contributed by atoms with Crippen LogP contribution in [-0.2, 0) is 0 Å². The number of hydrogen-bond donors (Lipinski definition) is 1. The normalized spacial score (nSPS) is 14.2. The lowest BCUT2D eigenvalue weighted by molar-refractivity contribution is 0.208. The molecule has 0 saturated carbocycles. The molecule has 2 aromatic carbocycles. The molecule has 2 heterocycles. The van der Waals surface area contributed by atoms with Gasteiger partial charge in [0.2, 0.25) is 0 Å². The van der Waals surface area contributed by atoms with Gasteiger partial charge in [0, 0.05) is 31.9 Å². The Bertz CT molecular complexity index is 1000. The van der Waals surface area contributed by atoms with E-state index in [1.165, 1.54) is 23.5 Å². The maximum atomic E-state index is 13.4. The Hall–Kier alpha value is -2.87. The third-order valence-electron chi connectivity index (χ3n) is 5.05. The highest BCUT2D eigenvalue weighted by atomic mass is 32.1. The molecule has 0 radical (unpaired) electrons. The van der Waals surface area contributed by atoms with Crippen molar-refractivity contribution < 1.29 is 13.9 Å². The number of thiazole rings is 1. The van der Waals surface area contributed by atoms with Crippen molar-refractivity contribution in [3.63, 3.8) is 0 Å². The van der Waals surface area contributed by atoms with E-state index in [2.05, 4.69) is 22.1 Å². The lowest BCUT2D eigenvalue weighted by atomic mass is 10.3. The summed E-state index contributed by atoms with van der Waals surface area (Å²) in [4.78, 5) is 21.1. The molecule has 1 N–H and O–H groups in total. The third kappa shape index (κ3) is 4.81. The van der Waals surface area contributed by atoms with Crippen molar-refractivity contribution in [3.8, 4) is 5.75 Å². The number of unbranched alkanes of at least 4 members (excludes halogenated alkanes) is 1. The number of anilines is 2. The number of benzene rings is 2. The van der Waals surface area contributed by atoms with Crippen molar-refractivity contribution in [1.29, 1.82) is 0 Å². The first-order valence-electron chi connectivity index (χ1n) is 10.2. The summed E-state index contributed by atoms with van der Waals surface area (Å²) >= 11 is 1.48. The molecular formula is C22H25FN4O2S. The van der Waals surface area contributed by atoms with Gasteiger partial charge in [-0.15, -0.1) is 0 Å². The lowest BCUT2D eigenvalue weighted by Gasteiger charge is -2.34. The first-order valence-corrected chi connectivity index (χ1v) is 11.0. The minimum Gasteiger partial charge on any atom is -0.494 e. The fraction of sp³-hybridized carbons (Fsp3) is 0.364. The number of rotatable bonds is 6. The molecule has 0 aliphatic carbocycles. The molecule has 0 bridgehead atoms. The van der Waals surface area contributed by atoms with Gasteiger partial charge in [-0.3, -0.25) is 0 Å². The number of halogens is 1. The zero-order chi connectivity index (χ0) is 20.9. The lowest BCUT2D eigenvalue weighted by Crippen LogP contribution is -2.50. The van der Waals surface area contributed by atoms with E-state index in [1.807, 2.05) is 24.3 Å². The highest BCUT2D eigenvalue weighted by Crippen LogP contribution is 2.30. The highest BCUT2D eigenvalue weighted by molar-refractivity contribution is 7.22. The van der Waals surface area contributed by atoms with Crippen molar-refractivity contribution in [3.05, 3.63) is 48.3 Å². The number of hydrogen-bond acceptors (Lipinski definition) is 5. The van der Waals surface area contributed by atoms with Gasteiger partial charge in [-0.1, -0.05) is 24.7 Å². The number of nitrogens with one attached hydrogen (secondary N) is 1. The highest BCUT2D eigenvalue weighted by Gasteiger charge is 2.23. The molecule has 1 saturated heterocycles. The monoisotopic (exact) mass is 428 g/mol. The van der Waals surface area contributed by atoms with Gasteiger partial charge in [-0.2, -0.15) is 0 Å². The summed E-state index contributed by atoms with van der Waals surface area (Å²) in [6.45, 7) is 5.43. The van der Waals surface area contributed by atoms with E-state index >= 15 is 0 Å². The Kier molecular flexibility index (Phi) is 6.32. The number of ether oxygens (including phenoxy) is 1. The van der Waals surface area contributed by atoms with Crippen LogP contribution in [0, 0.1) is 5.82 Å². The number of urea groups is 1. The smallest absolute Gasteiger partial charge is 0.321 e. The summed E-state index contributed by atoms with van der Waals surface area (Å²) in [7, 11) is 0. The second-order valence-corrected chi connectivity index (χ2v) is 8.25. The van der Waals surface area contributed by atoms with E-state index in [0.717, 1.165) is 39.6 Å². The number of carbonyl (C=O) groups is 1. The van der Waals surface area contributed by atoms with Gasteiger partial charge in [0.25, 0.3) is 0 Å². The summed E-state index contributed by atoms with van der Waals surface area (Å²) in [5, 5.41) is 3.82. The van der Waals surface area contributed by atoms with E-state index in [0.29, 0.717) is 32.8 Å². The van der Waals surface area contributed by atoms with Crippen LogP contribution in [0.4, 0.5) is 20.0 Å². The zero-order valence-corrected chi connectivity index (χ0v) is 17.8. The fourth-order valence-electron chi connectivity index (χ4n) is 3.29. The van der Waals surface area contributed by atoms with Crippen LogP contribution in [0.15, 0.2) is 42.5 Å². The maximum absolute atomic E-state index is 13.4. The Morgan fingerprint density at radius 2 is 1.93 bits per heavy atom. The molecule has 1 fully saturated rings. The van der Waals surface area contributed by atoms with Gasteiger partial charge < -0.3 is 19.9 Å². The SMILES string of the molecule is CCCCOc1ccc(NC(=O)N2CCN(c3nc4ccc(F)cc4s3)CC2)cc1. The maximum Gasteiger partial charge on any atom is 0.321 e. The summed E-state index contributed by atoms with van der Waals surface area (Å²) < 4.78 is 19.9. The molecule has 3 aromatic rings. The topological polar surface area (TPSA) is 57.7 Å². The van der Waals surface area contributed by atoms with Crippen LogP contribution in [0.2, 0.25) is 0 Å². The average molecular weight is 429 g/mol. The molecule has 2 amide bonds. The van der Waals surface area contributed by atoms with Crippen molar-refractivity contribution in [2.75, 3.05) is 43.0 Å². The second-order valence-electron chi connectivity index (χ2n) is 7.24. The molecular weight excluding hydrogens is 403 g/mol. The van der Waals surface area contributed by atoms with E-state index in [-0.39, 0.29) is 11.8 Å². The number of fused-ring (bicyclic) bond motifs is 1. The van der Waals surface area contributed by atoms with Gasteiger partial charge in [-0.05, 0) is 48.9 Å². The van der Waals surface area contributed by atoms with E-state index < -0.39 is 0 Å². The Labute approximate surface area is 179 Å². The van der Waals surface area contributed by atoms with Crippen molar-refractivity contribution >= 4 is 38.4 Å². The van der Waals surface area contributed by atoms with Crippen LogP contribution in [-0.4, -0.2) is 48.7 Å². The molecule has 1 aliphatic rings. The van der Waals surface area contributed by atoms with Gasteiger partial charge in [0.05, 0.1) is 16.8 Å². The van der Waals surface area contributed by atoms with Crippen LogP contribution in [0.5, 0.6) is 5.75 Å². The summed E-state index contributed by atoms with van der Waals surface area (Å²) in [5.41, 5.74) is 1.55. The second kappa shape index (κ2) is 9.30. The molecule has 4 rings (SSSR count). The average Bonchev–Trinajstić information content (AvgIpc) is 3.18. The van der Waals surface area contributed by atoms with E-state index in [1.54, 1.807) is 11.0 Å². The molecule has 0 spiro atoms. The van der Waals surface area contributed by atoms with Crippen molar-refractivity contribution in [2.45, 2.75) is 19.8 Å². The van der Waals surface area contributed by atoms with Crippen LogP contribution in [0.3, 0.4) is 0 Å². The van der Waals surface area contributed by atoms with Crippen LogP contribution in [0.25, 0.3) is 10.2 Å². The Morgan fingerprint density at radius 3 is 2.67 bits per heavy atom. The van der Waals surface area contributed by atoms with Crippen molar-refractivity contribution in [2.24, 2.45) is 0 Å². The molecule has 0 atom stereocenters. The first kappa shape index (κ1) is 20.4. The van der Waals surface area contributed by atoms with Gasteiger partial charge >= 0.3 is 6.03 Å². The number of carbonyl (C=O) groups excluding carboxylic acids is 1. The van der Waals surface area contributed by atoms with E-state index in [4.69, 9.17) is 4.74 Å². The van der Waals surface area contributed by atoms with Gasteiger partial charge in [-0.25, -0.2) is 14.2 Å². The number of piperazine rings is 1. The molecule has 30 heavy (non-hydrogen) atoms. The summed E-state index contributed by atoms with van der Waals surface area (Å²) in [6.07, 6.45) is 2.12. The number of amides is 2. The standard InChI is InChI=1S/C22H25FN4O2S/c1-2-3-14-29-18-7-5-17(6-8-18)24-21(28)26-10-12-27(13-11-26)22-25-19-9-4-16(23)15-20(19)30-22/h4-9,15H,2-3,10-14H2,1H3,(H,24,28). The van der Waals surface area contributed by atoms with Crippen LogP contribution >= 0.6 is 11.3 Å². The van der Waals surface area contributed by atoms with Gasteiger partial charge in [0.15, 0.2) is 5.13 Å². The number of aromatic nitrogens is 1. The predicted molar refractivity (Wildman–Crippen MR) is 119 cm³/mol. The Morgan fingerprint density at radius 1 is 1.17 bits per heavy atom. The minimum absolute atomic E-state index is 0.110. The largest absolute Gasteiger partial charge is 0.494 e. The molecule has 0 unspecified atom stereocenters. The van der Waals surface area contributed by atoms with Crippen LogP contribution in [0.1, 0.15) is 19.8 Å². The Balaban J connectivity index is 1.29. The fourth-order valence-corrected chi connectivity index (χ4v) is 4.34. The number of nitrogens with zero attached hydrogens (tertiary/aromatic N) is 3. The first-order chi connectivity index (χ1) is 14.6. The van der Waals surface area contributed by atoms with Gasteiger partial charge in [0.1, 0.15) is 11.6 Å². The quantitative estimate of drug-likeness (QED) is 0.563. The van der Waals surface area contributed by atoms with E-state index in [9.17, 15) is 9.18 Å². The third-order valence-corrected chi connectivity index (χ3v) is 6.13. The van der Waals surface area contributed by atoms with Crippen molar-refractivity contribution in [1.82, 2.24) is 9.88 Å². The summed E-state index contributed by atoms with van der Waals surface area (Å²) in [5.74, 6) is 0.561. The van der Waals surface area contributed by atoms with Crippen LogP contribution < -0.4 is 15.0 Å². The molecule has 8 heteroatoms. The molecule has 1 aliphatic heterocycles.